The summed E-state index contributed by atoms with van der Waals surface area (Å²) in [6, 6.07) is 5.00. The van der Waals surface area contributed by atoms with Crippen molar-refractivity contribution in [3.8, 4) is 5.75 Å². The molecule has 0 bridgehead atoms. The van der Waals surface area contributed by atoms with Crippen LogP contribution in [0.1, 0.15) is 29.3 Å². The second kappa shape index (κ2) is 6.38. The molecule has 0 fully saturated rings. The lowest BCUT2D eigenvalue weighted by molar-refractivity contribution is 0.0521. The van der Waals surface area contributed by atoms with Crippen LogP contribution in [0.5, 0.6) is 5.75 Å². The summed E-state index contributed by atoms with van der Waals surface area (Å²) in [6.45, 7) is 2.03. The maximum Gasteiger partial charge on any atom is 0.342 e. The van der Waals surface area contributed by atoms with Gasteiger partial charge in [-0.2, -0.15) is 0 Å². The number of carbonyl (C=O) groups excluding carboxylic acids is 1. The molecule has 0 saturated carbocycles. The van der Waals surface area contributed by atoms with Crippen LogP contribution >= 0.6 is 11.6 Å². The van der Waals surface area contributed by atoms with Crippen molar-refractivity contribution >= 4 is 17.6 Å². The Morgan fingerprint density at radius 2 is 2.25 bits per heavy atom. The second-order valence-corrected chi connectivity index (χ2v) is 3.70. The molecule has 0 aromatic heterocycles. The van der Waals surface area contributed by atoms with Gasteiger partial charge in [0.05, 0.1) is 6.61 Å². The standard InChI is InChI=1S/C12H15ClO3/c1-2-16-12(15)11-9(6-4-8-13)5-3-7-10(11)14/h3,5,7,14H,2,4,6,8H2,1H3. The Bertz CT molecular complexity index is 363. The maximum atomic E-state index is 11.6. The highest BCUT2D eigenvalue weighted by molar-refractivity contribution is 6.17. The molecule has 88 valence electrons. The van der Waals surface area contributed by atoms with Crippen molar-refractivity contribution in [2.75, 3.05) is 12.5 Å². The van der Waals surface area contributed by atoms with Crippen LogP contribution in [0.25, 0.3) is 0 Å². The van der Waals surface area contributed by atoms with Gasteiger partial charge in [-0.1, -0.05) is 12.1 Å². The maximum absolute atomic E-state index is 11.6. The fourth-order valence-electron chi connectivity index (χ4n) is 1.49. The first-order chi connectivity index (χ1) is 7.70. The number of hydrogen-bond donors (Lipinski definition) is 1. The van der Waals surface area contributed by atoms with E-state index in [2.05, 4.69) is 0 Å². The van der Waals surface area contributed by atoms with Crippen molar-refractivity contribution in [2.24, 2.45) is 0 Å². The van der Waals surface area contributed by atoms with E-state index in [1.54, 1.807) is 19.1 Å². The molecule has 0 unspecified atom stereocenters. The van der Waals surface area contributed by atoms with Gasteiger partial charge in [0.1, 0.15) is 11.3 Å². The number of carbonyl (C=O) groups is 1. The molecule has 0 spiro atoms. The van der Waals surface area contributed by atoms with E-state index >= 15 is 0 Å². The summed E-state index contributed by atoms with van der Waals surface area (Å²) >= 11 is 5.61. The van der Waals surface area contributed by atoms with Crippen molar-refractivity contribution in [1.29, 1.82) is 0 Å². The molecule has 16 heavy (non-hydrogen) atoms. The number of benzene rings is 1. The third-order valence-corrected chi connectivity index (χ3v) is 2.46. The van der Waals surface area contributed by atoms with E-state index < -0.39 is 5.97 Å². The Hall–Kier alpha value is -1.22. The molecule has 0 aliphatic heterocycles. The second-order valence-electron chi connectivity index (χ2n) is 3.32. The number of phenolic OH excluding ortho intramolecular Hbond substituents is 1. The fraction of sp³-hybridized carbons (Fsp3) is 0.417. The first-order valence-corrected chi connectivity index (χ1v) is 5.78. The number of alkyl halides is 1. The van der Waals surface area contributed by atoms with E-state index in [-0.39, 0.29) is 11.3 Å². The lowest BCUT2D eigenvalue weighted by Crippen LogP contribution is -2.08. The molecule has 4 heteroatoms. The van der Waals surface area contributed by atoms with Crippen molar-refractivity contribution in [1.82, 2.24) is 0 Å². The van der Waals surface area contributed by atoms with E-state index in [0.717, 1.165) is 12.0 Å². The molecule has 3 nitrogen and oxygen atoms in total. The quantitative estimate of drug-likeness (QED) is 0.638. The summed E-state index contributed by atoms with van der Waals surface area (Å²) in [7, 11) is 0. The number of ether oxygens (including phenoxy) is 1. The summed E-state index contributed by atoms with van der Waals surface area (Å²) in [4.78, 5) is 11.6. The predicted octanol–water partition coefficient (Wildman–Crippen LogP) is 2.74. The molecule has 0 atom stereocenters. The van der Waals surface area contributed by atoms with Crippen LogP contribution in [0.15, 0.2) is 18.2 Å². The molecular formula is C12H15ClO3. The van der Waals surface area contributed by atoms with E-state index in [1.165, 1.54) is 6.07 Å². The zero-order chi connectivity index (χ0) is 12.0. The van der Waals surface area contributed by atoms with Gasteiger partial charge in [0.15, 0.2) is 0 Å². The lowest BCUT2D eigenvalue weighted by Gasteiger charge is -2.09. The number of aromatic hydroxyl groups is 1. The average molecular weight is 243 g/mol. The van der Waals surface area contributed by atoms with E-state index in [1.807, 2.05) is 0 Å². The number of phenols is 1. The van der Waals surface area contributed by atoms with Gasteiger partial charge in [0.2, 0.25) is 0 Å². The zero-order valence-corrected chi connectivity index (χ0v) is 9.96. The van der Waals surface area contributed by atoms with Gasteiger partial charge in [0.25, 0.3) is 0 Å². The number of aryl methyl sites for hydroxylation is 1. The number of hydrogen-bond acceptors (Lipinski definition) is 3. The van der Waals surface area contributed by atoms with Crippen LogP contribution in [0.3, 0.4) is 0 Å². The minimum atomic E-state index is -0.481. The molecule has 0 aliphatic rings. The molecular weight excluding hydrogens is 228 g/mol. The Morgan fingerprint density at radius 1 is 1.50 bits per heavy atom. The highest BCUT2D eigenvalue weighted by Crippen LogP contribution is 2.23. The first-order valence-electron chi connectivity index (χ1n) is 5.24. The van der Waals surface area contributed by atoms with Crippen molar-refractivity contribution in [3.05, 3.63) is 29.3 Å². The molecule has 0 amide bonds. The predicted molar refractivity (Wildman–Crippen MR) is 63.1 cm³/mol. The Morgan fingerprint density at radius 3 is 2.88 bits per heavy atom. The summed E-state index contributed by atoms with van der Waals surface area (Å²) < 4.78 is 4.90. The summed E-state index contributed by atoms with van der Waals surface area (Å²) in [5.74, 6) is 0.00784. The number of rotatable bonds is 5. The normalized spacial score (nSPS) is 10.1. The van der Waals surface area contributed by atoms with Crippen molar-refractivity contribution in [3.63, 3.8) is 0 Å². The summed E-state index contributed by atoms with van der Waals surface area (Å²) in [5.41, 5.74) is 1.04. The number of halogens is 1. The molecule has 1 N–H and O–H groups in total. The van der Waals surface area contributed by atoms with Gasteiger partial charge < -0.3 is 9.84 Å². The van der Waals surface area contributed by atoms with Crippen molar-refractivity contribution < 1.29 is 14.6 Å². The van der Waals surface area contributed by atoms with Crippen LogP contribution in [-0.4, -0.2) is 23.6 Å². The molecule has 1 rings (SSSR count). The van der Waals surface area contributed by atoms with Gasteiger partial charge in [-0.15, -0.1) is 11.6 Å². The zero-order valence-electron chi connectivity index (χ0n) is 9.20. The molecule has 1 aromatic rings. The molecule has 0 radical (unpaired) electrons. The van der Waals surface area contributed by atoms with E-state index in [4.69, 9.17) is 16.3 Å². The van der Waals surface area contributed by atoms with Gasteiger partial charge in [-0.3, -0.25) is 0 Å². The first kappa shape index (κ1) is 12.8. The van der Waals surface area contributed by atoms with Gasteiger partial charge >= 0.3 is 5.97 Å². The Labute approximate surface area is 100.0 Å². The minimum Gasteiger partial charge on any atom is -0.507 e. The van der Waals surface area contributed by atoms with Gasteiger partial charge in [0, 0.05) is 5.88 Å². The van der Waals surface area contributed by atoms with Crippen LogP contribution < -0.4 is 0 Å². The summed E-state index contributed by atoms with van der Waals surface area (Å²) in [6.07, 6.45) is 1.42. The molecule has 1 aromatic carbocycles. The molecule has 0 heterocycles. The van der Waals surface area contributed by atoms with E-state index in [9.17, 15) is 9.90 Å². The average Bonchev–Trinajstić information content (AvgIpc) is 2.26. The molecule has 0 aliphatic carbocycles. The van der Waals surface area contributed by atoms with Crippen molar-refractivity contribution in [2.45, 2.75) is 19.8 Å². The fourth-order valence-corrected chi connectivity index (χ4v) is 1.62. The lowest BCUT2D eigenvalue weighted by atomic mass is 10.0. The highest BCUT2D eigenvalue weighted by Gasteiger charge is 2.16. The van der Waals surface area contributed by atoms with Gasteiger partial charge in [-0.25, -0.2) is 4.79 Å². The topological polar surface area (TPSA) is 46.5 Å². The molecule has 0 saturated heterocycles. The Balaban J connectivity index is 2.98. The smallest absolute Gasteiger partial charge is 0.342 e. The van der Waals surface area contributed by atoms with E-state index in [0.29, 0.717) is 18.9 Å². The van der Waals surface area contributed by atoms with Crippen LogP contribution in [-0.2, 0) is 11.2 Å². The largest absolute Gasteiger partial charge is 0.507 e. The minimum absolute atomic E-state index is 0.0366. The highest BCUT2D eigenvalue weighted by atomic mass is 35.5. The monoisotopic (exact) mass is 242 g/mol. The Kier molecular flexibility index (Phi) is 5.12. The number of esters is 1. The SMILES string of the molecule is CCOC(=O)c1c(O)cccc1CCCCl. The van der Waals surface area contributed by atoms with Crippen LogP contribution in [0, 0.1) is 0 Å². The third-order valence-electron chi connectivity index (χ3n) is 2.19. The third kappa shape index (κ3) is 3.14. The summed E-state index contributed by atoms with van der Waals surface area (Å²) in [5, 5.41) is 9.65. The van der Waals surface area contributed by atoms with Crippen LogP contribution in [0.4, 0.5) is 0 Å². The van der Waals surface area contributed by atoms with Gasteiger partial charge in [-0.05, 0) is 31.4 Å². The van der Waals surface area contributed by atoms with Crippen LogP contribution in [0.2, 0.25) is 0 Å².